The lowest BCUT2D eigenvalue weighted by Gasteiger charge is -2.28. The molecule has 0 saturated heterocycles. The lowest BCUT2D eigenvalue weighted by atomic mass is 9.80. The molecule has 1 amide bonds. The molecule has 5 nitrogen and oxygen atoms in total. The number of carbonyl (C=O) groups is 2. The first-order valence-electron chi connectivity index (χ1n) is 7.20. The van der Waals surface area contributed by atoms with E-state index in [0.717, 1.165) is 25.7 Å². The fourth-order valence-corrected chi connectivity index (χ4v) is 2.50. The molecule has 0 aromatic carbocycles. The quantitative estimate of drug-likeness (QED) is 0.640. The van der Waals surface area contributed by atoms with Crippen molar-refractivity contribution in [3.8, 4) is 0 Å². The third-order valence-electron chi connectivity index (χ3n) is 3.81. The van der Waals surface area contributed by atoms with E-state index in [4.69, 9.17) is 0 Å². The van der Waals surface area contributed by atoms with Gasteiger partial charge in [-0.05, 0) is 12.8 Å². The molecule has 3 N–H and O–H groups in total. The Kier molecular flexibility index (Phi) is 6.28. The monoisotopic (exact) mass is 270 g/mol. The number of amides is 1. The van der Waals surface area contributed by atoms with Crippen molar-refractivity contribution in [2.75, 3.05) is 13.1 Å². The van der Waals surface area contributed by atoms with Gasteiger partial charge < -0.3 is 15.7 Å². The van der Waals surface area contributed by atoms with Crippen LogP contribution < -0.4 is 10.6 Å². The number of nitrogens with one attached hydrogen (secondary N) is 2. The van der Waals surface area contributed by atoms with Gasteiger partial charge in [0.2, 0.25) is 5.91 Å². The minimum absolute atomic E-state index is 0.126. The van der Waals surface area contributed by atoms with Crippen LogP contribution in [0.3, 0.4) is 0 Å². The van der Waals surface area contributed by atoms with Crippen LogP contribution in [-0.4, -0.2) is 36.1 Å². The Morgan fingerprint density at radius 1 is 1.16 bits per heavy atom. The predicted octanol–water partition coefficient (Wildman–Crippen LogP) is 1.53. The van der Waals surface area contributed by atoms with Gasteiger partial charge >= 0.3 is 5.97 Å². The molecule has 0 heterocycles. The summed E-state index contributed by atoms with van der Waals surface area (Å²) in [7, 11) is 0. The molecule has 0 aromatic heterocycles. The van der Waals surface area contributed by atoms with Gasteiger partial charge in [-0.15, -0.1) is 0 Å². The molecular weight excluding hydrogens is 244 g/mol. The van der Waals surface area contributed by atoms with E-state index in [9.17, 15) is 14.7 Å². The minimum atomic E-state index is -0.772. The molecule has 1 saturated carbocycles. The van der Waals surface area contributed by atoms with Crippen molar-refractivity contribution in [3.05, 3.63) is 0 Å². The van der Waals surface area contributed by atoms with Crippen LogP contribution >= 0.6 is 0 Å². The zero-order valence-electron chi connectivity index (χ0n) is 12.0. The summed E-state index contributed by atoms with van der Waals surface area (Å²) >= 11 is 0. The first-order valence-corrected chi connectivity index (χ1v) is 7.20. The van der Waals surface area contributed by atoms with E-state index in [-0.39, 0.29) is 25.0 Å². The minimum Gasteiger partial charge on any atom is -0.481 e. The maximum atomic E-state index is 11.7. The molecule has 0 aromatic rings. The fourth-order valence-electron chi connectivity index (χ4n) is 2.50. The zero-order chi connectivity index (χ0) is 14.3. The van der Waals surface area contributed by atoms with Crippen LogP contribution in [0.5, 0.6) is 0 Å². The summed E-state index contributed by atoms with van der Waals surface area (Å²) in [4.78, 5) is 23.2. The van der Waals surface area contributed by atoms with Crippen molar-refractivity contribution >= 4 is 11.9 Å². The van der Waals surface area contributed by atoms with Gasteiger partial charge in [-0.1, -0.05) is 39.5 Å². The van der Waals surface area contributed by atoms with Gasteiger partial charge in [0.25, 0.3) is 0 Å². The van der Waals surface area contributed by atoms with E-state index in [2.05, 4.69) is 10.6 Å². The lowest BCUT2D eigenvalue weighted by Crippen LogP contribution is -2.45. The average molecular weight is 270 g/mol. The van der Waals surface area contributed by atoms with E-state index < -0.39 is 11.4 Å². The summed E-state index contributed by atoms with van der Waals surface area (Å²) in [6.07, 6.45) is 5.40. The van der Waals surface area contributed by atoms with Crippen molar-refractivity contribution in [3.63, 3.8) is 0 Å². The first kappa shape index (κ1) is 16.0. The maximum absolute atomic E-state index is 11.7. The summed E-state index contributed by atoms with van der Waals surface area (Å²) in [6, 6.07) is 0.247. The van der Waals surface area contributed by atoms with Gasteiger partial charge in [-0.2, -0.15) is 0 Å². The molecule has 0 bridgehead atoms. The third kappa shape index (κ3) is 5.19. The number of hydrogen-bond acceptors (Lipinski definition) is 3. The van der Waals surface area contributed by atoms with Gasteiger partial charge in [0.1, 0.15) is 0 Å². The lowest BCUT2D eigenvalue weighted by molar-refractivity contribution is -0.149. The highest BCUT2D eigenvalue weighted by Gasteiger charge is 2.38. The summed E-state index contributed by atoms with van der Waals surface area (Å²) in [5.74, 6) is -0.898. The normalized spacial score (nSPS) is 18.9. The summed E-state index contributed by atoms with van der Waals surface area (Å²) in [5, 5.41) is 15.3. The average Bonchev–Trinajstić information content (AvgIpc) is 2.60. The number of hydrogen-bond donors (Lipinski definition) is 3. The molecule has 1 aliphatic rings. The Hall–Kier alpha value is -1.10. The van der Waals surface area contributed by atoms with Gasteiger partial charge in [0.15, 0.2) is 0 Å². The second-order valence-corrected chi connectivity index (χ2v) is 5.81. The standard InChI is InChI=1S/C14H26N2O3/c1-11(2)15-9-12(17)16-10-14(13(18)19)7-5-3-4-6-8-14/h11,15H,3-10H2,1-2H3,(H,16,17)(H,18,19). The Balaban J connectivity index is 2.49. The van der Waals surface area contributed by atoms with Crippen molar-refractivity contribution in [1.29, 1.82) is 0 Å². The third-order valence-corrected chi connectivity index (χ3v) is 3.81. The van der Waals surface area contributed by atoms with Crippen LogP contribution in [0.4, 0.5) is 0 Å². The number of aliphatic carboxylic acids is 1. The largest absolute Gasteiger partial charge is 0.481 e. The molecule has 19 heavy (non-hydrogen) atoms. The molecule has 1 rings (SSSR count). The van der Waals surface area contributed by atoms with Crippen molar-refractivity contribution in [2.45, 2.75) is 58.4 Å². The Morgan fingerprint density at radius 3 is 2.21 bits per heavy atom. The number of carboxylic acid groups (broad SMARTS) is 1. The number of carboxylic acids is 1. The van der Waals surface area contributed by atoms with Crippen LogP contribution in [0.2, 0.25) is 0 Å². The molecule has 0 unspecified atom stereocenters. The van der Waals surface area contributed by atoms with Gasteiger partial charge in [-0.25, -0.2) is 0 Å². The van der Waals surface area contributed by atoms with Crippen molar-refractivity contribution in [1.82, 2.24) is 10.6 Å². The molecule has 0 radical (unpaired) electrons. The van der Waals surface area contributed by atoms with Crippen LogP contribution in [0.25, 0.3) is 0 Å². The van der Waals surface area contributed by atoms with Gasteiger partial charge in [0, 0.05) is 12.6 Å². The van der Waals surface area contributed by atoms with Gasteiger partial charge in [-0.3, -0.25) is 9.59 Å². The van der Waals surface area contributed by atoms with Crippen LogP contribution in [0, 0.1) is 5.41 Å². The molecule has 1 fully saturated rings. The molecule has 5 heteroatoms. The summed E-state index contributed by atoms with van der Waals surface area (Å²) in [6.45, 7) is 4.43. The van der Waals surface area contributed by atoms with E-state index in [1.54, 1.807) is 0 Å². The second kappa shape index (κ2) is 7.48. The first-order chi connectivity index (χ1) is 8.96. The summed E-state index contributed by atoms with van der Waals surface area (Å²) < 4.78 is 0. The van der Waals surface area contributed by atoms with Crippen LogP contribution in [0.15, 0.2) is 0 Å². The molecule has 0 spiro atoms. The highest BCUT2D eigenvalue weighted by Crippen LogP contribution is 2.34. The second-order valence-electron chi connectivity index (χ2n) is 5.81. The fraction of sp³-hybridized carbons (Fsp3) is 0.857. The van der Waals surface area contributed by atoms with Crippen LogP contribution in [0.1, 0.15) is 52.4 Å². The van der Waals surface area contributed by atoms with E-state index in [1.165, 1.54) is 0 Å². The molecule has 110 valence electrons. The zero-order valence-corrected chi connectivity index (χ0v) is 12.0. The molecule has 1 aliphatic carbocycles. The Bertz CT molecular complexity index is 308. The van der Waals surface area contributed by atoms with Crippen LogP contribution in [-0.2, 0) is 9.59 Å². The van der Waals surface area contributed by atoms with E-state index >= 15 is 0 Å². The molecule has 0 atom stereocenters. The Morgan fingerprint density at radius 2 is 1.74 bits per heavy atom. The predicted molar refractivity (Wildman–Crippen MR) is 73.9 cm³/mol. The highest BCUT2D eigenvalue weighted by atomic mass is 16.4. The maximum Gasteiger partial charge on any atom is 0.311 e. The number of carbonyl (C=O) groups excluding carboxylic acids is 1. The molecular formula is C14H26N2O3. The summed E-state index contributed by atoms with van der Waals surface area (Å²) in [5.41, 5.74) is -0.760. The van der Waals surface area contributed by atoms with E-state index in [1.807, 2.05) is 13.8 Å². The number of rotatable bonds is 6. The Labute approximate surface area is 115 Å². The van der Waals surface area contributed by atoms with Crippen molar-refractivity contribution < 1.29 is 14.7 Å². The highest BCUT2D eigenvalue weighted by molar-refractivity contribution is 5.80. The van der Waals surface area contributed by atoms with E-state index in [0.29, 0.717) is 12.8 Å². The topological polar surface area (TPSA) is 78.4 Å². The smallest absolute Gasteiger partial charge is 0.311 e. The van der Waals surface area contributed by atoms with Gasteiger partial charge in [0.05, 0.1) is 12.0 Å². The molecule has 0 aliphatic heterocycles. The van der Waals surface area contributed by atoms with Crippen molar-refractivity contribution in [2.24, 2.45) is 5.41 Å². The SMILES string of the molecule is CC(C)NCC(=O)NCC1(C(=O)O)CCCCCC1.